The van der Waals surface area contributed by atoms with Gasteiger partial charge in [-0.3, -0.25) is 9.59 Å². The summed E-state index contributed by atoms with van der Waals surface area (Å²) in [6.07, 6.45) is 3.26. The predicted molar refractivity (Wildman–Crippen MR) is 128 cm³/mol. The molecule has 8 heteroatoms. The molecule has 1 aliphatic carbocycles. The molecule has 0 unspecified atom stereocenters. The molecule has 33 heavy (non-hydrogen) atoms. The molecule has 0 radical (unpaired) electrons. The first-order valence-electron chi connectivity index (χ1n) is 11.2. The standard InChI is InChI=1S/C25H31N3O5/c1-6-7-8-9-16-12-18(29)14-21-22(16)28-19-11-10-17(13-20(19)32-21)27-23(30)15(2)26-24(31)33-25(3,4)5/h10-15H,6-9H2,1-5H3,(H,26,31)(H,27,30)/t15-/m0/s1. The zero-order chi connectivity index (χ0) is 24.2. The summed E-state index contributed by atoms with van der Waals surface area (Å²) in [5.41, 5.74) is 2.34. The molecule has 1 aliphatic heterocycles. The molecule has 0 saturated heterocycles. The van der Waals surface area contributed by atoms with E-state index in [1.54, 1.807) is 52.0 Å². The summed E-state index contributed by atoms with van der Waals surface area (Å²) < 4.78 is 11.2. The first-order chi connectivity index (χ1) is 15.6. The Labute approximate surface area is 193 Å². The first-order valence-corrected chi connectivity index (χ1v) is 11.2. The monoisotopic (exact) mass is 453 g/mol. The number of aryl methyl sites for hydroxylation is 1. The Kier molecular flexibility index (Phi) is 7.36. The van der Waals surface area contributed by atoms with Gasteiger partial charge in [0.05, 0.1) is 0 Å². The number of hydrogen-bond donors (Lipinski definition) is 2. The quantitative estimate of drug-likeness (QED) is 0.390. The molecule has 1 heterocycles. The molecule has 0 saturated carbocycles. The molecule has 3 rings (SSSR count). The van der Waals surface area contributed by atoms with Crippen LogP contribution in [0.1, 0.15) is 59.4 Å². The number of aromatic nitrogens is 1. The lowest BCUT2D eigenvalue weighted by atomic mass is 10.0. The van der Waals surface area contributed by atoms with Crippen LogP contribution >= 0.6 is 0 Å². The number of fused-ring (bicyclic) bond motifs is 2. The third kappa shape index (κ3) is 6.54. The largest absolute Gasteiger partial charge is 0.453 e. The highest BCUT2D eigenvalue weighted by molar-refractivity contribution is 5.97. The van der Waals surface area contributed by atoms with Gasteiger partial charge in [-0.2, -0.15) is 0 Å². The number of amides is 2. The average Bonchev–Trinajstić information content (AvgIpc) is 2.71. The molecule has 1 atom stereocenters. The smallest absolute Gasteiger partial charge is 0.408 e. The van der Waals surface area contributed by atoms with E-state index in [1.165, 1.54) is 6.07 Å². The summed E-state index contributed by atoms with van der Waals surface area (Å²) in [5, 5.41) is 5.26. The van der Waals surface area contributed by atoms with E-state index in [0.29, 0.717) is 28.2 Å². The van der Waals surface area contributed by atoms with Gasteiger partial charge in [0.25, 0.3) is 0 Å². The van der Waals surface area contributed by atoms with E-state index in [9.17, 15) is 14.4 Å². The van der Waals surface area contributed by atoms with Crippen molar-refractivity contribution >= 4 is 28.8 Å². The van der Waals surface area contributed by atoms with Crippen LogP contribution in [0.5, 0.6) is 0 Å². The Hall–Kier alpha value is -3.42. The van der Waals surface area contributed by atoms with E-state index in [1.807, 2.05) is 0 Å². The van der Waals surface area contributed by atoms with Gasteiger partial charge in [-0.25, -0.2) is 9.78 Å². The van der Waals surface area contributed by atoms with Crippen LogP contribution in [0.2, 0.25) is 0 Å². The van der Waals surface area contributed by atoms with Crippen molar-refractivity contribution in [3.8, 4) is 11.5 Å². The van der Waals surface area contributed by atoms with Gasteiger partial charge in [0.1, 0.15) is 22.9 Å². The van der Waals surface area contributed by atoms with E-state index >= 15 is 0 Å². The number of alkyl carbamates (subject to hydrolysis) is 1. The molecule has 2 aliphatic rings. The van der Waals surface area contributed by atoms with Crippen LogP contribution in [0.3, 0.4) is 0 Å². The van der Waals surface area contributed by atoms with E-state index in [4.69, 9.17) is 14.1 Å². The van der Waals surface area contributed by atoms with Crippen molar-refractivity contribution < 1.29 is 18.7 Å². The summed E-state index contributed by atoms with van der Waals surface area (Å²) in [7, 11) is 0. The fourth-order valence-corrected chi connectivity index (χ4v) is 3.40. The minimum Gasteiger partial charge on any atom is -0.453 e. The Morgan fingerprint density at radius 1 is 1.15 bits per heavy atom. The van der Waals surface area contributed by atoms with Crippen LogP contribution in [-0.4, -0.2) is 28.6 Å². The highest BCUT2D eigenvalue weighted by Gasteiger charge is 2.21. The molecular formula is C25H31N3O5. The molecule has 0 spiro atoms. The van der Waals surface area contributed by atoms with Crippen LogP contribution in [0.25, 0.3) is 22.6 Å². The third-order valence-corrected chi connectivity index (χ3v) is 4.98. The lowest BCUT2D eigenvalue weighted by Gasteiger charge is -2.21. The van der Waals surface area contributed by atoms with Crippen LogP contribution in [-0.2, 0) is 16.0 Å². The molecule has 0 fully saturated rings. The average molecular weight is 454 g/mol. The van der Waals surface area contributed by atoms with Crippen LogP contribution in [0.4, 0.5) is 10.5 Å². The Bertz CT molecular complexity index is 1180. The Morgan fingerprint density at radius 3 is 2.61 bits per heavy atom. The van der Waals surface area contributed by atoms with Crippen LogP contribution < -0.4 is 16.1 Å². The summed E-state index contributed by atoms with van der Waals surface area (Å²) in [6.45, 7) is 8.94. The third-order valence-electron chi connectivity index (χ3n) is 4.98. The number of benzene rings is 2. The molecular weight excluding hydrogens is 422 g/mol. The molecule has 2 N–H and O–H groups in total. The molecule has 1 aromatic carbocycles. The van der Waals surface area contributed by atoms with Gasteiger partial charge in [0.15, 0.2) is 16.8 Å². The van der Waals surface area contributed by atoms with Gasteiger partial charge >= 0.3 is 6.09 Å². The van der Waals surface area contributed by atoms with Gasteiger partial charge in [-0.15, -0.1) is 0 Å². The summed E-state index contributed by atoms with van der Waals surface area (Å²) in [6, 6.07) is 7.36. The molecule has 1 aromatic rings. The number of carbonyl (C=O) groups is 2. The normalized spacial score (nSPS) is 12.5. The van der Waals surface area contributed by atoms with Crippen molar-refractivity contribution in [2.45, 2.75) is 71.9 Å². The van der Waals surface area contributed by atoms with Gasteiger partial charge in [-0.1, -0.05) is 19.8 Å². The van der Waals surface area contributed by atoms with Crippen LogP contribution in [0, 0.1) is 0 Å². The predicted octanol–water partition coefficient (Wildman–Crippen LogP) is 4.88. The number of rotatable bonds is 7. The minimum atomic E-state index is -0.809. The fraction of sp³-hybridized carbons (Fsp3) is 0.440. The van der Waals surface area contributed by atoms with Gasteiger partial charge in [0.2, 0.25) is 5.91 Å². The minimum absolute atomic E-state index is 0.120. The SMILES string of the molecule is CCCCCc1cc(=O)cc2oc3cc(NC(=O)[C@H](C)NC(=O)OC(C)(C)C)ccc3nc1-2. The molecule has 0 bridgehead atoms. The summed E-state index contributed by atoms with van der Waals surface area (Å²) >= 11 is 0. The highest BCUT2D eigenvalue weighted by atomic mass is 16.6. The lowest BCUT2D eigenvalue weighted by molar-refractivity contribution is -0.117. The van der Waals surface area contributed by atoms with Crippen molar-refractivity contribution in [1.82, 2.24) is 10.3 Å². The second-order valence-corrected chi connectivity index (χ2v) is 9.14. The molecule has 2 amide bonds. The maximum absolute atomic E-state index is 12.5. The van der Waals surface area contributed by atoms with Gasteiger partial charge in [0, 0.05) is 17.8 Å². The number of nitrogens with zero attached hydrogens (tertiary/aromatic N) is 1. The zero-order valence-electron chi connectivity index (χ0n) is 19.8. The fourth-order valence-electron chi connectivity index (χ4n) is 3.40. The number of carbonyl (C=O) groups excluding carboxylic acids is 2. The number of nitrogens with one attached hydrogen (secondary N) is 2. The second kappa shape index (κ2) is 10.0. The van der Waals surface area contributed by atoms with E-state index in [0.717, 1.165) is 31.2 Å². The van der Waals surface area contributed by atoms with Crippen molar-refractivity contribution in [1.29, 1.82) is 0 Å². The highest BCUT2D eigenvalue weighted by Crippen LogP contribution is 2.29. The number of ether oxygens (including phenoxy) is 1. The van der Waals surface area contributed by atoms with Crippen molar-refractivity contribution in [2.75, 3.05) is 5.32 Å². The van der Waals surface area contributed by atoms with E-state index < -0.39 is 23.6 Å². The number of anilines is 1. The van der Waals surface area contributed by atoms with Crippen LogP contribution in [0.15, 0.2) is 39.5 Å². The number of hydrogen-bond acceptors (Lipinski definition) is 6. The topological polar surface area (TPSA) is 111 Å². The van der Waals surface area contributed by atoms with Crippen molar-refractivity contribution in [3.63, 3.8) is 0 Å². The lowest BCUT2D eigenvalue weighted by Crippen LogP contribution is -2.43. The number of unbranched alkanes of at least 4 members (excludes halogenated alkanes) is 2. The second-order valence-electron chi connectivity index (χ2n) is 9.14. The zero-order valence-corrected chi connectivity index (χ0v) is 19.8. The van der Waals surface area contributed by atoms with E-state index in [2.05, 4.69) is 17.6 Å². The first kappa shape index (κ1) is 24.2. The Balaban J connectivity index is 1.80. The summed E-state index contributed by atoms with van der Waals surface area (Å²) in [4.78, 5) is 41.3. The molecule has 0 aromatic heterocycles. The maximum atomic E-state index is 12.5. The molecule has 176 valence electrons. The van der Waals surface area contributed by atoms with E-state index in [-0.39, 0.29) is 5.43 Å². The van der Waals surface area contributed by atoms with Crippen molar-refractivity contribution in [2.24, 2.45) is 0 Å². The Morgan fingerprint density at radius 2 is 1.91 bits per heavy atom. The van der Waals surface area contributed by atoms with Crippen molar-refractivity contribution in [3.05, 3.63) is 46.1 Å². The maximum Gasteiger partial charge on any atom is 0.408 e. The van der Waals surface area contributed by atoms with Gasteiger partial charge < -0.3 is 19.8 Å². The van der Waals surface area contributed by atoms with Gasteiger partial charge in [-0.05, 0) is 64.3 Å². The molecule has 8 nitrogen and oxygen atoms in total. The summed E-state index contributed by atoms with van der Waals surface area (Å²) in [5.74, 6) is 0.0129.